The van der Waals surface area contributed by atoms with Crippen LogP contribution in [0.15, 0.2) is 91.0 Å². The van der Waals surface area contributed by atoms with Gasteiger partial charge in [0.15, 0.2) is 6.10 Å². The highest BCUT2D eigenvalue weighted by Gasteiger charge is 2.29. The van der Waals surface area contributed by atoms with Gasteiger partial charge in [0.1, 0.15) is 5.92 Å². The average Bonchev–Trinajstić information content (AvgIpc) is 2.78. The predicted molar refractivity (Wildman–Crippen MR) is 113 cm³/mol. The highest BCUT2D eigenvalue weighted by atomic mass is 16.5. The van der Waals surface area contributed by atoms with Gasteiger partial charge >= 0.3 is 5.97 Å². The maximum absolute atomic E-state index is 13.1. The van der Waals surface area contributed by atoms with Crippen molar-refractivity contribution in [3.05, 3.63) is 108 Å². The molecule has 0 radical (unpaired) electrons. The third-order valence-corrected chi connectivity index (χ3v) is 4.73. The second-order valence-electron chi connectivity index (χ2n) is 6.79. The number of rotatable bonds is 8. The summed E-state index contributed by atoms with van der Waals surface area (Å²) in [5.74, 6) is -1.29. The van der Waals surface area contributed by atoms with Crippen LogP contribution in [0, 0.1) is 0 Å². The third-order valence-electron chi connectivity index (χ3n) is 4.73. The number of hydrogen-bond acceptors (Lipinski definition) is 3. The van der Waals surface area contributed by atoms with Crippen LogP contribution in [-0.2, 0) is 20.9 Å². The van der Waals surface area contributed by atoms with Gasteiger partial charge in [-0.3, -0.25) is 9.59 Å². The Hall–Kier alpha value is -3.40. The number of nitrogens with one attached hydrogen (secondary N) is 1. The Balaban J connectivity index is 1.72. The number of esters is 1. The van der Waals surface area contributed by atoms with Crippen LogP contribution in [0.1, 0.15) is 36.0 Å². The number of amides is 1. The lowest BCUT2D eigenvalue weighted by Gasteiger charge is -2.21. The summed E-state index contributed by atoms with van der Waals surface area (Å²) >= 11 is 0. The maximum Gasteiger partial charge on any atom is 0.318 e. The van der Waals surface area contributed by atoms with Gasteiger partial charge in [0, 0.05) is 6.54 Å². The smallest absolute Gasteiger partial charge is 0.318 e. The van der Waals surface area contributed by atoms with Gasteiger partial charge in [-0.2, -0.15) is 0 Å². The molecule has 148 valence electrons. The van der Waals surface area contributed by atoms with E-state index in [1.165, 1.54) is 0 Å². The minimum absolute atomic E-state index is 0.287. The van der Waals surface area contributed by atoms with Crippen LogP contribution in [0.25, 0.3) is 0 Å². The molecule has 0 unspecified atom stereocenters. The molecule has 29 heavy (non-hydrogen) atoms. The van der Waals surface area contributed by atoms with Crippen LogP contribution >= 0.6 is 0 Å². The number of hydrogen-bond donors (Lipinski definition) is 1. The molecule has 1 amide bonds. The Morgan fingerprint density at radius 2 is 1.28 bits per heavy atom. The molecular weight excluding hydrogens is 362 g/mol. The van der Waals surface area contributed by atoms with Crippen molar-refractivity contribution in [2.24, 2.45) is 0 Å². The van der Waals surface area contributed by atoms with Crippen molar-refractivity contribution in [1.29, 1.82) is 0 Å². The van der Waals surface area contributed by atoms with Gasteiger partial charge in [-0.25, -0.2) is 0 Å². The number of ether oxygens (including phenoxy) is 1. The van der Waals surface area contributed by atoms with Crippen molar-refractivity contribution in [1.82, 2.24) is 5.32 Å². The summed E-state index contributed by atoms with van der Waals surface area (Å²) in [5, 5.41) is 2.86. The number of carbonyl (C=O) groups excluding carboxylic acids is 2. The van der Waals surface area contributed by atoms with Crippen molar-refractivity contribution in [2.75, 3.05) is 0 Å². The van der Waals surface area contributed by atoms with E-state index < -0.39 is 18.0 Å². The fourth-order valence-electron chi connectivity index (χ4n) is 3.18. The minimum Gasteiger partial charge on any atom is -0.452 e. The fourth-order valence-corrected chi connectivity index (χ4v) is 3.18. The molecule has 0 bridgehead atoms. The zero-order valence-electron chi connectivity index (χ0n) is 16.5. The minimum atomic E-state index is -0.832. The molecular formula is C25H25NO3. The normalized spacial score (nSPS) is 11.7. The first-order valence-corrected chi connectivity index (χ1v) is 9.81. The molecule has 0 heterocycles. The van der Waals surface area contributed by atoms with Crippen molar-refractivity contribution >= 4 is 11.9 Å². The molecule has 0 aromatic heterocycles. The molecule has 3 aromatic carbocycles. The van der Waals surface area contributed by atoms with Crippen molar-refractivity contribution < 1.29 is 14.3 Å². The molecule has 0 spiro atoms. The van der Waals surface area contributed by atoms with Gasteiger partial charge < -0.3 is 10.1 Å². The first kappa shape index (κ1) is 20.3. The molecule has 1 N–H and O–H groups in total. The van der Waals surface area contributed by atoms with Gasteiger partial charge in [-0.15, -0.1) is 0 Å². The zero-order valence-corrected chi connectivity index (χ0v) is 16.5. The lowest BCUT2D eigenvalue weighted by molar-refractivity contribution is -0.156. The van der Waals surface area contributed by atoms with E-state index in [2.05, 4.69) is 5.32 Å². The van der Waals surface area contributed by atoms with Crippen LogP contribution in [0.2, 0.25) is 0 Å². The van der Waals surface area contributed by atoms with E-state index in [1.54, 1.807) is 0 Å². The molecule has 0 aliphatic carbocycles. The van der Waals surface area contributed by atoms with Crippen LogP contribution in [0.4, 0.5) is 0 Å². The molecule has 4 heteroatoms. The van der Waals surface area contributed by atoms with Gasteiger partial charge in [-0.05, 0) is 23.1 Å². The van der Waals surface area contributed by atoms with E-state index in [9.17, 15) is 9.59 Å². The van der Waals surface area contributed by atoms with Gasteiger partial charge in [0.25, 0.3) is 5.91 Å². The summed E-state index contributed by atoms with van der Waals surface area (Å²) in [7, 11) is 0. The third kappa shape index (κ3) is 5.55. The largest absolute Gasteiger partial charge is 0.452 e. The second kappa shape index (κ2) is 10.2. The van der Waals surface area contributed by atoms with E-state index in [-0.39, 0.29) is 5.91 Å². The molecule has 3 aromatic rings. The van der Waals surface area contributed by atoms with Crippen LogP contribution in [0.3, 0.4) is 0 Å². The van der Waals surface area contributed by atoms with E-state index in [0.29, 0.717) is 13.0 Å². The van der Waals surface area contributed by atoms with E-state index >= 15 is 0 Å². The highest BCUT2D eigenvalue weighted by Crippen LogP contribution is 2.26. The topological polar surface area (TPSA) is 55.4 Å². The Labute approximate surface area is 171 Å². The predicted octanol–water partition coefficient (Wildman–Crippen LogP) is 4.46. The fraction of sp³-hybridized carbons (Fsp3) is 0.200. The quantitative estimate of drug-likeness (QED) is 0.581. The Morgan fingerprint density at radius 1 is 0.793 bits per heavy atom. The molecule has 0 aliphatic rings. The summed E-state index contributed by atoms with van der Waals surface area (Å²) in [4.78, 5) is 25.7. The van der Waals surface area contributed by atoms with Crippen LogP contribution in [-0.4, -0.2) is 18.0 Å². The molecule has 0 aliphatic heterocycles. The summed E-state index contributed by atoms with van der Waals surface area (Å²) in [6.45, 7) is 2.23. The molecule has 3 rings (SSSR count). The Kier molecular flexibility index (Phi) is 7.17. The van der Waals surface area contributed by atoms with Crippen molar-refractivity contribution in [3.8, 4) is 0 Å². The van der Waals surface area contributed by atoms with E-state index in [0.717, 1.165) is 16.7 Å². The summed E-state index contributed by atoms with van der Waals surface area (Å²) in [6, 6.07) is 28.6. The molecule has 0 saturated heterocycles. The van der Waals surface area contributed by atoms with Crippen molar-refractivity contribution in [3.63, 3.8) is 0 Å². The Bertz CT molecular complexity index is 871. The van der Waals surface area contributed by atoms with Gasteiger partial charge in [0.2, 0.25) is 0 Å². The van der Waals surface area contributed by atoms with E-state index in [4.69, 9.17) is 4.74 Å². The summed E-state index contributed by atoms with van der Waals surface area (Å²) < 4.78 is 5.67. The highest BCUT2D eigenvalue weighted by molar-refractivity contribution is 5.87. The van der Waals surface area contributed by atoms with Crippen LogP contribution < -0.4 is 5.32 Å². The van der Waals surface area contributed by atoms with Crippen molar-refractivity contribution in [2.45, 2.75) is 31.9 Å². The van der Waals surface area contributed by atoms with E-state index in [1.807, 2.05) is 97.9 Å². The number of carbonyl (C=O) groups is 2. The standard InChI is InChI=1S/C25H25NO3/c1-2-22(24(27)26-18-19-12-6-3-7-13-19)29-25(28)23(20-14-8-4-9-15-20)21-16-10-5-11-17-21/h3-17,22-23H,2,18H2,1H3,(H,26,27)/t22-/m1/s1. The lowest BCUT2D eigenvalue weighted by Crippen LogP contribution is -2.38. The monoisotopic (exact) mass is 387 g/mol. The average molecular weight is 387 g/mol. The molecule has 0 fully saturated rings. The number of benzene rings is 3. The molecule has 1 atom stereocenters. The first-order valence-electron chi connectivity index (χ1n) is 9.81. The van der Waals surface area contributed by atoms with Crippen LogP contribution in [0.5, 0.6) is 0 Å². The van der Waals surface area contributed by atoms with Gasteiger partial charge in [-0.1, -0.05) is 97.9 Å². The lowest BCUT2D eigenvalue weighted by atomic mass is 9.91. The first-order chi connectivity index (χ1) is 14.2. The SMILES string of the molecule is CC[C@@H](OC(=O)C(c1ccccc1)c1ccccc1)C(=O)NCc1ccccc1. The second-order valence-corrected chi connectivity index (χ2v) is 6.79. The van der Waals surface area contributed by atoms with Gasteiger partial charge in [0.05, 0.1) is 0 Å². The molecule has 4 nitrogen and oxygen atoms in total. The maximum atomic E-state index is 13.1. The summed E-state index contributed by atoms with van der Waals surface area (Å²) in [5.41, 5.74) is 2.67. The Morgan fingerprint density at radius 3 is 1.76 bits per heavy atom. The summed E-state index contributed by atoms with van der Waals surface area (Å²) in [6.07, 6.45) is -0.427. The zero-order chi connectivity index (χ0) is 20.5. The molecule has 0 saturated carbocycles.